The summed E-state index contributed by atoms with van der Waals surface area (Å²) in [6.45, 7) is 66.6. The van der Waals surface area contributed by atoms with Crippen LogP contribution in [0.25, 0.3) is 0 Å². The Morgan fingerprint density at radius 3 is 0.842 bits per heavy atom. The number of rotatable bonds is 90. The Morgan fingerprint density at radius 1 is 0.242 bits per heavy atom. The van der Waals surface area contributed by atoms with Crippen LogP contribution in [0, 0.1) is 5.92 Å². The molecule has 0 heterocycles. The van der Waals surface area contributed by atoms with E-state index in [1.54, 1.807) is 0 Å². The summed E-state index contributed by atoms with van der Waals surface area (Å²) < 4.78 is 0. The smallest absolute Gasteiger partial charge is 0.0110 e. The second-order valence-corrected chi connectivity index (χ2v) is 36.2. The minimum absolute atomic E-state index is 0.693. The van der Waals surface area contributed by atoms with Gasteiger partial charge >= 0.3 is 0 Å². The highest BCUT2D eigenvalue weighted by molar-refractivity contribution is 4.83. The topological polar surface area (TPSA) is 310 Å². The van der Waals surface area contributed by atoms with Crippen LogP contribution in [0.15, 0.2) is 0 Å². The molecule has 0 saturated heterocycles. The van der Waals surface area contributed by atoms with Crippen LogP contribution in [0.2, 0.25) is 0 Å². The Bertz CT molecular complexity index is 2070. The highest BCUT2D eigenvalue weighted by Crippen LogP contribution is 2.25. The Morgan fingerprint density at radius 2 is 0.517 bits per heavy atom. The Labute approximate surface area is 742 Å². The van der Waals surface area contributed by atoms with Gasteiger partial charge in [0, 0.05) is 338 Å². The molecule has 0 aromatic rings. The van der Waals surface area contributed by atoms with Crippen molar-refractivity contribution in [2.45, 2.75) is 212 Å². The summed E-state index contributed by atoms with van der Waals surface area (Å²) in [5.41, 5.74) is 29.7. The van der Waals surface area contributed by atoms with E-state index < -0.39 is 0 Å². The Balaban J connectivity index is 0.000000609. The Kier molecular flexibility index (Phi) is 78.7. The van der Waals surface area contributed by atoms with Gasteiger partial charge in [-0.3, -0.25) is 14.7 Å². The van der Waals surface area contributed by atoms with Crippen molar-refractivity contribution in [3.63, 3.8) is 0 Å². The number of hydrogen-bond donors (Lipinski definition) is 17. The van der Waals surface area contributed by atoms with Crippen molar-refractivity contribution >= 4 is 0 Å². The number of unbranched alkanes of at least 4 members (excludes halogenated alkanes) is 6. The molecule has 5 fully saturated rings. The van der Waals surface area contributed by atoms with E-state index in [0.717, 1.165) is 331 Å². The zero-order valence-electron chi connectivity index (χ0n) is 80.3. The summed E-state index contributed by atoms with van der Waals surface area (Å²) in [5, 5.41) is 43.2. The lowest BCUT2D eigenvalue weighted by molar-refractivity contribution is 0.128. The van der Waals surface area contributed by atoms with Gasteiger partial charge in [-0.25, -0.2) is 0 Å². The van der Waals surface area contributed by atoms with E-state index in [4.69, 9.17) is 28.7 Å². The van der Waals surface area contributed by atoms with E-state index in [9.17, 15) is 0 Å². The first-order valence-corrected chi connectivity index (χ1v) is 50.9. The molecule has 0 aromatic carbocycles. The van der Waals surface area contributed by atoms with E-state index in [1.165, 1.54) is 200 Å². The third kappa shape index (κ3) is 65.4. The number of nitrogens with zero attached hydrogens (tertiary/aromatic N) is 11. The first kappa shape index (κ1) is 113. The fourth-order valence-corrected chi connectivity index (χ4v) is 16.1. The first-order valence-electron chi connectivity index (χ1n) is 50.9. The Hall–Kier alpha value is -1.12. The minimum Gasteiger partial charge on any atom is -0.329 e. The lowest BCUT2D eigenvalue weighted by Gasteiger charge is -2.37. The summed E-state index contributed by atoms with van der Waals surface area (Å²) in [5.74, 6) is 1.06. The van der Waals surface area contributed by atoms with Crippen LogP contribution >= 0.6 is 0 Å². The molecule has 716 valence electrons. The molecule has 28 nitrogen and oxygen atoms in total. The predicted octanol–water partition coefficient (Wildman–Crippen LogP) is 2.03. The zero-order valence-corrected chi connectivity index (χ0v) is 80.3. The molecule has 28 heteroatoms. The van der Waals surface area contributed by atoms with Crippen molar-refractivity contribution in [3.05, 3.63) is 0 Å². The van der Waals surface area contributed by atoms with Crippen LogP contribution < -0.4 is 92.5 Å². The van der Waals surface area contributed by atoms with Gasteiger partial charge < -0.3 is 132 Å². The molecule has 120 heavy (non-hydrogen) atoms. The average Bonchev–Trinajstić information content (AvgIpc) is 0.874. The molecule has 0 amide bonds. The molecule has 22 N–H and O–H groups in total. The highest BCUT2D eigenvalue weighted by Gasteiger charge is 2.25. The fraction of sp³-hybridized carbons (Fsp3) is 1.00. The van der Waals surface area contributed by atoms with Crippen molar-refractivity contribution in [2.75, 3.05) is 381 Å². The van der Waals surface area contributed by atoms with Gasteiger partial charge in [0.05, 0.1) is 0 Å². The zero-order chi connectivity index (χ0) is 86.3. The third-order valence-corrected chi connectivity index (χ3v) is 25.9. The SMILES string of the molecule is CC1CCC1.CCCCN(CCN)CCN(CCN)CCN(CCN)CCCCCN(CCNCCNCCNC)CCN(C)CCNCCNCCN.CCCCN(CCNC1CCC1)CCN(CCNC1CCC1)CCN(CCN)CCCCCN(CCNCCN(CCNCC)C1CCC1)CCN(C)CCNCCNCCNC1CCC1. The summed E-state index contributed by atoms with van der Waals surface area (Å²) in [6.07, 6.45) is 33.6. The predicted molar refractivity (Wildman–Crippen MR) is 521 cm³/mol. The number of nitrogens with two attached hydrogens (primary N) is 5. The van der Waals surface area contributed by atoms with Gasteiger partial charge in [-0.05, 0) is 163 Å². The van der Waals surface area contributed by atoms with Gasteiger partial charge in [0.15, 0.2) is 0 Å². The molecule has 5 saturated carbocycles. The summed E-state index contributed by atoms with van der Waals surface area (Å²) >= 11 is 0. The maximum absolute atomic E-state index is 6.23. The molecule has 0 aromatic heterocycles. The van der Waals surface area contributed by atoms with Gasteiger partial charge in [0.25, 0.3) is 0 Å². The lowest BCUT2D eigenvalue weighted by atomic mass is 9.88. The second kappa shape index (κ2) is 83.5. The molecular weight excluding hydrogens is 1500 g/mol. The van der Waals surface area contributed by atoms with Crippen LogP contribution in [-0.2, 0) is 0 Å². The molecule has 0 radical (unpaired) electrons. The van der Waals surface area contributed by atoms with E-state index in [2.05, 4.69) is 159 Å². The monoisotopic (exact) mass is 1710 g/mol. The van der Waals surface area contributed by atoms with Gasteiger partial charge in [-0.15, -0.1) is 0 Å². The molecule has 0 atom stereocenters. The van der Waals surface area contributed by atoms with Crippen LogP contribution in [0.3, 0.4) is 0 Å². The number of likely N-dealkylation sites (N-methyl/N-ethyl adjacent to an activating group) is 4. The van der Waals surface area contributed by atoms with Crippen molar-refractivity contribution in [2.24, 2.45) is 34.6 Å². The maximum Gasteiger partial charge on any atom is 0.0110 e. The van der Waals surface area contributed by atoms with Gasteiger partial charge in [0.2, 0.25) is 0 Å². The first-order chi connectivity index (χ1) is 59.0. The summed E-state index contributed by atoms with van der Waals surface area (Å²) in [6, 6.07) is 3.12. The highest BCUT2D eigenvalue weighted by atomic mass is 15.3. The van der Waals surface area contributed by atoms with E-state index in [1.807, 2.05) is 7.05 Å². The average molecular weight is 1710 g/mol. The van der Waals surface area contributed by atoms with Crippen molar-refractivity contribution in [1.29, 1.82) is 0 Å². The molecule has 0 aliphatic heterocycles. The molecule has 0 bridgehead atoms. The molecule has 0 unspecified atom stereocenters. The molecule has 5 aliphatic rings. The van der Waals surface area contributed by atoms with E-state index in [-0.39, 0.29) is 0 Å². The molecule has 5 rings (SSSR count). The van der Waals surface area contributed by atoms with E-state index >= 15 is 0 Å². The lowest BCUT2D eigenvalue weighted by Crippen LogP contribution is -2.47. The minimum atomic E-state index is 0.693. The molecule has 5 aliphatic carbocycles. The number of hydrogen-bond acceptors (Lipinski definition) is 28. The number of nitrogens with one attached hydrogen (secondary N) is 12. The maximum atomic E-state index is 6.23. The summed E-state index contributed by atoms with van der Waals surface area (Å²) in [4.78, 5) is 28.9. The van der Waals surface area contributed by atoms with Gasteiger partial charge in [0.1, 0.15) is 0 Å². The largest absolute Gasteiger partial charge is 0.329 e. The van der Waals surface area contributed by atoms with E-state index in [0.29, 0.717) is 19.6 Å². The van der Waals surface area contributed by atoms with Crippen LogP contribution in [0.1, 0.15) is 188 Å². The normalized spacial score (nSPS) is 15.7. The third-order valence-electron chi connectivity index (χ3n) is 25.9. The fourth-order valence-electron chi connectivity index (χ4n) is 16.1. The summed E-state index contributed by atoms with van der Waals surface area (Å²) in [7, 11) is 6.54. The van der Waals surface area contributed by atoms with Crippen LogP contribution in [-0.4, -0.2) is 459 Å². The molecule has 0 spiro atoms. The van der Waals surface area contributed by atoms with Crippen molar-refractivity contribution in [1.82, 2.24) is 118 Å². The standard InChI is InChI=1S/C52H112N14.C35H86N14.C5H10/c1-4-6-33-63(39-31-59-50-16-11-17-50)46-48-65(40-32-60-51-18-12-19-51)47-45-62(36-22-53)34-8-7-9-35-64(38-28-57-30-42-66(41-29-54-5-2)52-20-13-21-52)44-43-61(3)37-27-56-24-23-55-25-26-58-49-14-10-15-49;1-4-5-22-46(25-10-37)32-34-49(27-12-39)35-33-47(26-11-38)23-7-6-8-24-48(29-21-44-19-17-42-15-14-40-2)31-30-45(3)28-20-43-18-16-41-13-9-36;1-5-3-2-4-5/h49-52,54-60H,4-48,53H2,1-3H3;40-44H,4-39H2,1-3H3;5H,2-4H2,1H3. The molecular formula is C92H208N28. The quantitative estimate of drug-likeness (QED) is 0.0388. The van der Waals surface area contributed by atoms with Gasteiger partial charge in [-0.1, -0.05) is 98.3 Å². The second-order valence-electron chi connectivity index (χ2n) is 36.2. The van der Waals surface area contributed by atoms with Crippen LogP contribution in [0.4, 0.5) is 0 Å². The van der Waals surface area contributed by atoms with Gasteiger partial charge in [-0.2, -0.15) is 0 Å². The van der Waals surface area contributed by atoms with Crippen molar-refractivity contribution in [3.8, 4) is 0 Å². The van der Waals surface area contributed by atoms with Crippen molar-refractivity contribution < 1.29 is 0 Å². The van der Waals surface area contributed by atoms with Crippen LogP contribution in [0.5, 0.6) is 0 Å².